The van der Waals surface area contributed by atoms with E-state index >= 15 is 0 Å². The molecule has 1 atom stereocenters. The minimum absolute atomic E-state index is 0.00444. The fourth-order valence-electron chi connectivity index (χ4n) is 1.36. The number of hydrogen-bond acceptors (Lipinski definition) is 2. The molecule has 13 heavy (non-hydrogen) atoms. The summed E-state index contributed by atoms with van der Waals surface area (Å²) in [7, 11) is 0. The SMILES string of the molecule is CC1=NC(c2ccccc2)=CC1N. The number of aliphatic imine (C=N–C) groups is 1. The molecule has 0 bridgehead atoms. The van der Waals surface area contributed by atoms with E-state index in [0.717, 1.165) is 17.0 Å². The quantitative estimate of drug-likeness (QED) is 0.689. The fraction of sp³-hybridized carbons (Fsp3) is 0.182. The topological polar surface area (TPSA) is 38.4 Å². The average molecular weight is 172 g/mol. The van der Waals surface area contributed by atoms with E-state index in [-0.39, 0.29) is 6.04 Å². The predicted molar refractivity (Wildman–Crippen MR) is 55.5 cm³/mol. The Morgan fingerprint density at radius 1 is 1.23 bits per heavy atom. The Labute approximate surface area is 77.8 Å². The van der Waals surface area contributed by atoms with E-state index in [4.69, 9.17) is 5.73 Å². The summed E-state index contributed by atoms with van der Waals surface area (Å²) in [6.45, 7) is 1.96. The van der Waals surface area contributed by atoms with Crippen LogP contribution < -0.4 is 5.73 Å². The maximum atomic E-state index is 5.80. The zero-order valence-corrected chi connectivity index (χ0v) is 7.57. The van der Waals surface area contributed by atoms with Gasteiger partial charge < -0.3 is 5.73 Å². The van der Waals surface area contributed by atoms with Crippen molar-refractivity contribution < 1.29 is 0 Å². The number of nitrogens with zero attached hydrogens (tertiary/aromatic N) is 1. The van der Waals surface area contributed by atoms with E-state index in [1.807, 2.05) is 43.3 Å². The Bertz CT molecular complexity index is 363. The Balaban J connectivity index is 2.35. The molecular weight excluding hydrogens is 160 g/mol. The first-order chi connectivity index (χ1) is 6.27. The van der Waals surface area contributed by atoms with E-state index in [1.165, 1.54) is 0 Å². The first-order valence-corrected chi connectivity index (χ1v) is 4.35. The molecule has 0 amide bonds. The Morgan fingerprint density at radius 2 is 1.92 bits per heavy atom. The van der Waals surface area contributed by atoms with Gasteiger partial charge in [0.2, 0.25) is 0 Å². The van der Waals surface area contributed by atoms with Crippen molar-refractivity contribution in [3.8, 4) is 0 Å². The van der Waals surface area contributed by atoms with Gasteiger partial charge in [0.05, 0.1) is 11.7 Å². The van der Waals surface area contributed by atoms with Crippen molar-refractivity contribution in [2.75, 3.05) is 0 Å². The van der Waals surface area contributed by atoms with Crippen LogP contribution in [0.2, 0.25) is 0 Å². The standard InChI is InChI=1S/C11H12N2/c1-8-10(12)7-11(13-8)9-5-3-2-4-6-9/h2-7,10H,12H2,1H3. The third-order valence-corrected chi connectivity index (χ3v) is 2.19. The molecule has 0 radical (unpaired) electrons. The lowest BCUT2D eigenvalue weighted by Gasteiger charge is -1.96. The molecule has 2 N–H and O–H groups in total. The molecule has 1 unspecified atom stereocenters. The Kier molecular flexibility index (Phi) is 1.99. The molecule has 2 nitrogen and oxygen atoms in total. The van der Waals surface area contributed by atoms with Crippen molar-refractivity contribution in [3.63, 3.8) is 0 Å². The van der Waals surface area contributed by atoms with Crippen LogP contribution in [0.25, 0.3) is 5.70 Å². The maximum absolute atomic E-state index is 5.80. The lowest BCUT2D eigenvalue weighted by molar-refractivity contribution is 1.10. The van der Waals surface area contributed by atoms with Gasteiger partial charge in [-0.3, -0.25) is 4.99 Å². The molecule has 1 aliphatic heterocycles. The number of nitrogens with two attached hydrogens (primary N) is 1. The Hall–Kier alpha value is -1.41. The third-order valence-electron chi connectivity index (χ3n) is 2.19. The van der Waals surface area contributed by atoms with Gasteiger partial charge in [0.15, 0.2) is 0 Å². The van der Waals surface area contributed by atoms with Gasteiger partial charge in [-0.1, -0.05) is 30.3 Å². The first-order valence-electron chi connectivity index (χ1n) is 4.35. The van der Waals surface area contributed by atoms with Crippen molar-refractivity contribution in [1.82, 2.24) is 0 Å². The highest BCUT2D eigenvalue weighted by molar-refractivity contribution is 5.98. The monoisotopic (exact) mass is 172 g/mol. The van der Waals surface area contributed by atoms with Crippen molar-refractivity contribution in [2.45, 2.75) is 13.0 Å². The molecule has 0 saturated carbocycles. The van der Waals surface area contributed by atoms with Gasteiger partial charge >= 0.3 is 0 Å². The maximum Gasteiger partial charge on any atom is 0.0681 e. The van der Waals surface area contributed by atoms with Crippen molar-refractivity contribution >= 4 is 11.4 Å². The number of rotatable bonds is 1. The number of benzene rings is 1. The van der Waals surface area contributed by atoms with Crippen LogP contribution in [0.1, 0.15) is 12.5 Å². The lowest BCUT2D eigenvalue weighted by atomic mass is 10.1. The van der Waals surface area contributed by atoms with Crippen molar-refractivity contribution in [2.24, 2.45) is 10.7 Å². The first kappa shape index (κ1) is 8.20. The van der Waals surface area contributed by atoms with Crippen LogP contribution in [0, 0.1) is 0 Å². The molecule has 1 heterocycles. The highest BCUT2D eigenvalue weighted by Gasteiger charge is 2.13. The third kappa shape index (κ3) is 1.53. The Morgan fingerprint density at radius 3 is 2.46 bits per heavy atom. The molecule has 0 aliphatic carbocycles. The van der Waals surface area contributed by atoms with Crippen molar-refractivity contribution in [3.05, 3.63) is 42.0 Å². The molecule has 1 aromatic carbocycles. The van der Waals surface area contributed by atoms with E-state index in [9.17, 15) is 0 Å². The summed E-state index contributed by atoms with van der Waals surface area (Å²) in [5.74, 6) is 0. The van der Waals surface area contributed by atoms with Gasteiger partial charge in [-0.05, 0) is 18.6 Å². The van der Waals surface area contributed by atoms with Gasteiger partial charge in [0.1, 0.15) is 0 Å². The molecule has 1 aromatic rings. The summed E-state index contributed by atoms with van der Waals surface area (Å²) in [5, 5.41) is 0. The van der Waals surface area contributed by atoms with E-state index in [2.05, 4.69) is 4.99 Å². The normalized spacial score (nSPS) is 21.2. The van der Waals surface area contributed by atoms with Gasteiger partial charge in [-0.25, -0.2) is 0 Å². The summed E-state index contributed by atoms with van der Waals surface area (Å²) in [4.78, 5) is 4.39. The molecule has 66 valence electrons. The van der Waals surface area contributed by atoms with Crippen LogP contribution in [-0.4, -0.2) is 11.8 Å². The van der Waals surface area contributed by atoms with E-state index in [0.29, 0.717) is 0 Å². The molecule has 0 spiro atoms. The van der Waals surface area contributed by atoms with Gasteiger partial charge in [0.25, 0.3) is 0 Å². The highest BCUT2D eigenvalue weighted by Crippen LogP contribution is 2.20. The molecular formula is C11H12N2. The molecule has 2 heteroatoms. The summed E-state index contributed by atoms with van der Waals surface area (Å²) in [6, 6.07) is 10.1. The van der Waals surface area contributed by atoms with Crippen LogP contribution in [0.5, 0.6) is 0 Å². The van der Waals surface area contributed by atoms with E-state index < -0.39 is 0 Å². The minimum Gasteiger partial charge on any atom is -0.320 e. The molecule has 1 aliphatic rings. The summed E-state index contributed by atoms with van der Waals surface area (Å²) in [5.41, 5.74) is 8.91. The molecule has 2 rings (SSSR count). The zero-order valence-electron chi connectivity index (χ0n) is 7.57. The second-order valence-electron chi connectivity index (χ2n) is 3.20. The smallest absolute Gasteiger partial charge is 0.0681 e. The van der Waals surface area contributed by atoms with E-state index in [1.54, 1.807) is 0 Å². The van der Waals surface area contributed by atoms with Crippen LogP contribution in [0.4, 0.5) is 0 Å². The predicted octanol–water partition coefficient (Wildman–Crippen LogP) is 1.83. The fourth-order valence-corrected chi connectivity index (χ4v) is 1.36. The van der Waals surface area contributed by atoms with Crippen LogP contribution in [0.15, 0.2) is 41.4 Å². The summed E-state index contributed by atoms with van der Waals surface area (Å²) in [6.07, 6.45) is 1.99. The molecule has 0 fully saturated rings. The van der Waals surface area contributed by atoms with Crippen LogP contribution in [0.3, 0.4) is 0 Å². The lowest BCUT2D eigenvalue weighted by Crippen LogP contribution is -2.22. The summed E-state index contributed by atoms with van der Waals surface area (Å²) >= 11 is 0. The van der Waals surface area contributed by atoms with Crippen LogP contribution >= 0.6 is 0 Å². The minimum atomic E-state index is -0.00444. The second kappa shape index (κ2) is 3.15. The van der Waals surface area contributed by atoms with Gasteiger partial charge in [-0.2, -0.15) is 0 Å². The second-order valence-corrected chi connectivity index (χ2v) is 3.20. The largest absolute Gasteiger partial charge is 0.320 e. The average Bonchev–Trinajstić information content (AvgIpc) is 2.49. The van der Waals surface area contributed by atoms with Crippen molar-refractivity contribution in [1.29, 1.82) is 0 Å². The molecule has 0 aromatic heterocycles. The van der Waals surface area contributed by atoms with Gasteiger partial charge in [-0.15, -0.1) is 0 Å². The zero-order chi connectivity index (χ0) is 9.26. The number of hydrogen-bond donors (Lipinski definition) is 1. The highest BCUT2D eigenvalue weighted by atomic mass is 14.8. The van der Waals surface area contributed by atoms with Crippen LogP contribution in [-0.2, 0) is 0 Å². The molecule has 0 saturated heterocycles. The summed E-state index contributed by atoms with van der Waals surface area (Å²) < 4.78 is 0. The van der Waals surface area contributed by atoms with Gasteiger partial charge in [0, 0.05) is 5.71 Å².